The van der Waals surface area contributed by atoms with Gasteiger partial charge in [0, 0.05) is 36.5 Å². The molecule has 0 saturated heterocycles. The van der Waals surface area contributed by atoms with Crippen molar-refractivity contribution in [3.8, 4) is 23.2 Å². The Kier molecular flexibility index (Phi) is 9.55. The molecule has 10 nitrogen and oxygen atoms in total. The third kappa shape index (κ3) is 7.57. The van der Waals surface area contributed by atoms with Crippen molar-refractivity contribution in [2.24, 2.45) is 0 Å². The molecule has 1 amide bonds. The summed E-state index contributed by atoms with van der Waals surface area (Å²) in [6, 6.07) is 9.53. The molecule has 4 rings (SSSR count). The highest BCUT2D eigenvalue weighted by Crippen LogP contribution is 2.47. The molecule has 1 atom stereocenters. The van der Waals surface area contributed by atoms with Crippen molar-refractivity contribution in [3.63, 3.8) is 0 Å². The molecule has 45 heavy (non-hydrogen) atoms. The van der Waals surface area contributed by atoms with Gasteiger partial charge in [-0.2, -0.15) is 5.26 Å². The Morgan fingerprint density at radius 3 is 2.51 bits per heavy atom. The van der Waals surface area contributed by atoms with Crippen LogP contribution in [0, 0.1) is 11.3 Å². The summed E-state index contributed by atoms with van der Waals surface area (Å²) in [6.45, 7) is 21.5. The Morgan fingerprint density at radius 1 is 1.18 bits per heavy atom. The van der Waals surface area contributed by atoms with E-state index in [1.54, 1.807) is 29.3 Å². The average molecular weight is 651 g/mol. The zero-order chi connectivity index (χ0) is 33.4. The topological polar surface area (TPSA) is 122 Å². The summed E-state index contributed by atoms with van der Waals surface area (Å²) in [5.74, 6) is 0.677. The number of hydrogen-bond acceptors (Lipinski definition) is 9. The number of amides is 1. The lowest BCUT2D eigenvalue weighted by atomic mass is 9.83. The first-order valence-corrected chi connectivity index (χ1v) is 18.3. The molecule has 2 aromatic heterocycles. The molecule has 1 aliphatic heterocycles. The zero-order valence-corrected chi connectivity index (χ0v) is 29.6. The van der Waals surface area contributed by atoms with E-state index in [9.17, 15) is 10.1 Å². The first kappa shape index (κ1) is 34.2. The lowest BCUT2D eigenvalue weighted by Crippen LogP contribution is -2.46. The molecule has 3 heterocycles. The standard InChI is InChI=1S/C33H43ClN6O4Si/c1-11-42-28-26(16-23(34)18-37-28)39-29-36-13-12-25(38-29)21-14-22(17-35)27-24(15-21)33(8,20-43-45(9,10)32(5,6)7)19-40(27)30(41)44-31(2,3)4/h12-16,18H,11,19-20H2,1-10H3,(H,36,38,39)/t33-/m1/s1. The third-order valence-electron chi connectivity index (χ3n) is 8.13. The number of nitriles is 1. The van der Waals surface area contributed by atoms with Gasteiger partial charge in [-0.25, -0.2) is 19.7 Å². The van der Waals surface area contributed by atoms with Crippen LogP contribution in [0.5, 0.6) is 5.88 Å². The molecule has 0 unspecified atom stereocenters. The summed E-state index contributed by atoms with van der Waals surface area (Å²) in [7, 11) is -2.14. The number of ether oxygens (including phenoxy) is 2. The van der Waals surface area contributed by atoms with Crippen LogP contribution in [0.4, 0.5) is 22.1 Å². The van der Waals surface area contributed by atoms with Crippen molar-refractivity contribution >= 4 is 43.3 Å². The van der Waals surface area contributed by atoms with E-state index in [0.717, 1.165) is 5.56 Å². The molecular formula is C33H43ClN6O4Si. The largest absolute Gasteiger partial charge is 0.476 e. The number of fused-ring (bicyclic) bond motifs is 1. The lowest BCUT2D eigenvalue weighted by molar-refractivity contribution is 0.0575. The monoisotopic (exact) mass is 650 g/mol. The van der Waals surface area contributed by atoms with E-state index >= 15 is 0 Å². The lowest BCUT2D eigenvalue weighted by Gasteiger charge is -2.39. The maximum Gasteiger partial charge on any atom is 0.414 e. The van der Waals surface area contributed by atoms with Crippen LogP contribution in [-0.2, 0) is 14.6 Å². The van der Waals surface area contributed by atoms with Crippen LogP contribution in [0.15, 0.2) is 36.7 Å². The van der Waals surface area contributed by atoms with Crippen LogP contribution in [0.25, 0.3) is 11.3 Å². The van der Waals surface area contributed by atoms with E-state index in [0.29, 0.717) is 64.8 Å². The summed E-state index contributed by atoms with van der Waals surface area (Å²) in [5.41, 5.74) is 2.20. The van der Waals surface area contributed by atoms with Crippen LogP contribution in [0.3, 0.4) is 0 Å². The van der Waals surface area contributed by atoms with E-state index < -0.39 is 25.4 Å². The second kappa shape index (κ2) is 12.6. The van der Waals surface area contributed by atoms with Crippen LogP contribution < -0.4 is 15.0 Å². The van der Waals surface area contributed by atoms with E-state index in [4.69, 9.17) is 30.5 Å². The average Bonchev–Trinajstić information content (AvgIpc) is 3.25. The van der Waals surface area contributed by atoms with Gasteiger partial charge >= 0.3 is 6.09 Å². The van der Waals surface area contributed by atoms with Crippen molar-refractivity contribution in [2.45, 2.75) is 84.5 Å². The van der Waals surface area contributed by atoms with Crippen LogP contribution in [0.1, 0.15) is 66.5 Å². The summed E-state index contributed by atoms with van der Waals surface area (Å²) in [6.07, 6.45) is 2.64. The number of nitrogens with zero attached hydrogens (tertiary/aromatic N) is 5. The van der Waals surface area contributed by atoms with Gasteiger partial charge in [0.25, 0.3) is 0 Å². The van der Waals surface area contributed by atoms with Gasteiger partial charge in [0.05, 0.1) is 28.6 Å². The summed E-state index contributed by atoms with van der Waals surface area (Å²) in [5, 5.41) is 14.0. The predicted molar refractivity (Wildman–Crippen MR) is 180 cm³/mol. The molecule has 0 aliphatic carbocycles. The fourth-order valence-corrected chi connectivity index (χ4v) is 6.02. The van der Waals surface area contributed by atoms with Gasteiger partial charge in [-0.05, 0) is 75.7 Å². The first-order valence-electron chi connectivity index (χ1n) is 15.0. The summed E-state index contributed by atoms with van der Waals surface area (Å²) >= 11 is 6.20. The van der Waals surface area contributed by atoms with Crippen molar-refractivity contribution < 1.29 is 18.7 Å². The minimum atomic E-state index is -2.14. The molecule has 1 N–H and O–H groups in total. The van der Waals surface area contributed by atoms with E-state index in [-0.39, 0.29) is 5.04 Å². The fraction of sp³-hybridized carbons (Fsp3) is 0.485. The minimum absolute atomic E-state index is 0.000202. The van der Waals surface area contributed by atoms with Gasteiger partial charge in [-0.3, -0.25) is 4.90 Å². The van der Waals surface area contributed by atoms with Gasteiger partial charge in [0.1, 0.15) is 17.4 Å². The summed E-state index contributed by atoms with van der Waals surface area (Å²) < 4.78 is 18.1. The molecule has 0 saturated carbocycles. The zero-order valence-electron chi connectivity index (χ0n) is 27.8. The Bertz CT molecular complexity index is 1630. The second-order valence-corrected chi connectivity index (χ2v) is 19.3. The van der Waals surface area contributed by atoms with Crippen LogP contribution in [0.2, 0.25) is 23.2 Å². The number of carbonyl (C=O) groups excluding carboxylic acids is 1. The third-order valence-corrected chi connectivity index (χ3v) is 12.8. The van der Waals surface area contributed by atoms with Gasteiger partial charge < -0.3 is 19.2 Å². The number of halogens is 1. The molecule has 240 valence electrons. The molecule has 1 aromatic carbocycles. The van der Waals surface area contributed by atoms with Crippen molar-refractivity contribution in [2.75, 3.05) is 30.0 Å². The van der Waals surface area contributed by atoms with E-state index in [2.05, 4.69) is 62.1 Å². The number of carbonyl (C=O) groups is 1. The van der Waals surface area contributed by atoms with E-state index in [1.165, 1.54) is 6.20 Å². The Balaban J connectivity index is 1.80. The fourth-order valence-electron chi connectivity index (χ4n) is 4.75. The van der Waals surface area contributed by atoms with Gasteiger partial charge in [-0.1, -0.05) is 39.3 Å². The number of anilines is 3. The molecule has 12 heteroatoms. The van der Waals surface area contributed by atoms with Gasteiger partial charge in [-0.15, -0.1) is 0 Å². The molecular weight excluding hydrogens is 608 g/mol. The SMILES string of the molecule is CCOc1ncc(Cl)cc1Nc1nccc(-c2cc(C#N)c3c(c2)[C@@](C)(CO[Si](C)(C)C(C)(C)C)CN3C(=O)OC(C)(C)C)n1. The van der Waals surface area contributed by atoms with Crippen molar-refractivity contribution in [1.82, 2.24) is 15.0 Å². The molecule has 0 bridgehead atoms. The maximum atomic E-state index is 13.5. The molecule has 0 radical (unpaired) electrons. The minimum Gasteiger partial charge on any atom is -0.476 e. The smallest absolute Gasteiger partial charge is 0.414 e. The number of rotatable bonds is 8. The summed E-state index contributed by atoms with van der Waals surface area (Å²) in [4.78, 5) is 28.5. The highest BCUT2D eigenvalue weighted by atomic mass is 35.5. The van der Waals surface area contributed by atoms with Crippen molar-refractivity contribution in [3.05, 3.63) is 52.8 Å². The first-order chi connectivity index (χ1) is 20.9. The molecule has 1 aliphatic rings. The highest BCUT2D eigenvalue weighted by molar-refractivity contribution is 6.74. The van der Waals surface area contributed by atoms with Crippen LogP contribution >= 0.6 is 11.6 Å². The van der Waals surface area contributed by atoms with Gasteiger partial charge in [0.15, 0.2) is 8.32 Å². The Labute approximate surface area is 272 Å². The molecule has 0 fully saturated rings. The highest BCUT2D eigenvalue weighted by Gasteiger charge is 2.47. The van der Waals surface area contributed by atoms with Crippen LogP contribution in [-0.4, -0.2) is 54.7 Å². The molecule has 0 spiro atoms. The molecule has 3 aromatic rings. The number of benzene rings is 1. The second-order valence-electron chi connectivity index (χ2n) is 14.0. The Hall–Kier alpha value is -3.72. The normalized spacial score (nSPS) is 16.6. The number of nitrogens with one attached hydrogen (secondary N) is 1. The quantitative estimate of drug-likeness (QED) is 0.240. The number of pyridine rings is 1. The Morgan fingerprint density at radius 2 is 1.89 bits per heavy atom. The number of hydrogen-bond donors (Lipinski definition) is 1. The maximum absolute atomic E-state index is 13.5. The number of aromatic nitrogens is 3. The van der Waals surface area contributed by atoms with Crippen molar-refractivity contribution in [1.29, 1.82) is 5.26 Å². The van der Waals surface area contributed by atoms with Gasteiger partial charge in [0.2, 0.25) is 11.8 Å². The predicted octanol–water partition coefficient (Wildman–Crippen LogP) is 8.24. The van der Waals surface area contributed by atoms with E-state index in [1.807, 2.05) is 33.8 Å².